The first-order valence-corrected chi connectivity index (χ1v) is 6.09. The number of pyridine rings is 1. The maximum Gasteiger partial charge on any atom is 0.137 e. The Morgan fingerprint density at radius 1 is 1.29 bits per heavy atom. The van der Waals surface area contributed by atoms with E-state index in [1.54, 1.807) is 6.20 Å². The number of hydrogen-bond acceptors (Lipinski definition) is 4. The average Bonchev–Trinajstić information content (AvgIpc) is 2.31. The third-order valence-electron chi connectivity index (χ3n) is 2.61. The highest BCUT2D eigenvalue weighted by Gasteiger charge is 2.18. The van der Waals surface area contributed by atoms with E-state index in [1.165, 1.54) is 0 Å². The lowest BCUT2D eigenvalue weighted by Gasteiger charge is -2.23. The third-order valence-corrected chi connectivity index (χ3v) is 2.61. The summed E-state index contributed by atoms with van der Waals surface area (Å²) in [6, 6.07) is 2.13. The van der Waals surface area contributed by atoms with Crippen molar-refractivity contribution in [3.8, 4) is 5.75 Å². The van der Waals surface area contributed by atoms with Crippen molar-refractivity contribution in [3.63, 3.8) is 0 Å². The fraction of sp³-hybridized carbons (Fsp3) is 0.615. The Labute approximate surface area is 103 Å². The van der Waals surface area contributed by atoms with E-state index in [9.17, 15) is 0 Å². The summed E-state index contributed by atoms with van der Waals surface area (Å²) in [7, 11) is 1.92. The Morgan fingerprint density at radius 3 is 2.65 bits per heavy atom. The van der Waals surface area contributed by atoms with E-state index in [-0.39, 0.29) is 12.1 Å². The van der Waals surface area contributed by atoms with E-state index < -0.39 is 0 Å². The monoisotopic (exact) mass is 238 g/mol. The lowest BCUT2D eigenvalue weighted by Crippen LogP contribution is -2.29. The molecule has 0 radical (unpaired) electrons. The molecule has 4 nitrogen and oxygen atoms in total. The molecule has 1 aromatic heterocycles. The Balaban J connectivity index is 2.83. The molecule has 2 unspecified atom stereocenters. The molecule has 0 amide bonds. The predicted molar refractivity (Wildman–Crippen MR) is 68.3 cm³/mol. The van der Waals surface area contributed by atoms with Crippen molar-refractivity contribution in [2.24, 2.45) is 0 Å². The van der Waals surface area contributed by atoms with Crippen LogP contribution in [0.1, 0.15) is 32.4 Å². The molecule has 0 spiro atoms. The van der Waals surface area contributed by atoms with E-state index in [4.69, 9.17) is 9.47 Å². The molecule has 2 atom stereocenters. The van der Waals surface area contributed by atoms with Crippen molar-refractivity contribution in [1.82, 2.24) is 10.3 Å². The minimum absolute atomic E-state index is 0.101. The molecule has 1 heterocycles. The van der Waals surface area contributed by atoms with Gasteiger partial charge in [0.2, 0.25) is 0 Å². The predicted octanol–water partition coefficient (Wildman–Crippen LogP) is 2.17. The van der Waals surface area contributed by atoms with E-state index in [0.29, 0.717) is 13.2 Å². The second kappa shape index (κ2) is 7.25. The van der Waals surface area contributed by atoms with Gasteiger partial charge < -0.3 is 14.8 Å². The van der Waals surface area contributed by atoms with Crippen LogP contribution < -0.4 is 10.1 Å². The topological polar surface area (TPSA) is 43.4 Å². The molecular formula is C13H22N2O2. The van der Waals surface area contributed by atoms with Crippen molar-refractivity contribution < 1.29 is 9.47 Å². The maximum absolute atomic E-state index is 5.62. The van der Waals surface area contributed by atoms with Gasteiger partial charge >= 0.3 is 0 Å². The van der Waals surface area contributed by atoms with Crippen LogP contribution in [0, 0.1) is 0 Å². The van der Waals surface area contributed by atoms with Crippen LogP contribution in [0.5, 0.6) is 5.75 Å². The van der Waals surface area contributed by atoms with Crippen LogP contribution in [0.4, 0.5) is 0 Å². The van der Waals surface area contributed by atoms with Gasteiger partial charge in [-0.1, -0.05) is 0 Å². The molecule has 0 aliphatic carbocycles. The smallest absolute Gasteiger partial charge is 0.137 e. The SMILES string of the molecule is CCOc1cncc(C(NC)C(C)OCC)c1. The molecule has 1 N–H and O–H groups in total. The summed E-state index contributed by atoms with van der Waals surface area (Å²) in [5, 5.41) is 3.25. The number of nitrogens with zero attached hydrogens (tertiary/aromatic N) is 1. The standard InChI is InChI=1S/C13H22N2O2/c1-5-16-10(3)13(14-4)11-7-12(17-6-2)9-15-8-11/h7-10,13-14H,5-6H2,1-4H3. The number of hydrogen-bond donors (Lipinski definition) is 1. The number of rotatable bonds is 7. The van der Waals surface area contributed by atoms with Crippen molar-refractivity contribution in [3.05, 3.63) is 24.0 Å². The van der Waals surface area contributed by atoms with Crippen LogP contribution in [-0.2, 0) is 4.74 Å². The van der Waals surface area contributed by atoms with Gasteiger partial charge in [-0.15, -0.1) is 0 Å². The maximum atomic E-state index is 5.62. The van der Waals surface area contributed by atoms with Gasteiger partial charge in [0.25, 0.3) is 0 Å². The van der Waals surface area contributed by atoms with Crippen molar-refractivity contribution in [2.75, 3.05) is 20.3 Å². The average molecular weight is 238 g/mol. The van der Waals surface area contributed by atoms with Gasteiger partial charge in [0.1, 0.15) is 5.75 Å². The summed E-state index contributed by atoms with van der Waals surface area (Å²) in [5.74, 6) is 0.800. The summed E-state index contributed by atoms with van der Waals surface area (Å²) in [6.07, 6.45) is 3.67. The summed E-state index contributed by atoms with van der Waals surface area (Å²) in [4.78, 5) is 4.19. The molecule has 4 heteroatoms. The van der Waals surface area contributed by atoms with E-state index in [0.717, 1.165) is 11.3 Å². The largest absolute Gasteiger partial charge is 0.492 e. The molecule has 0 bridgehead atoms. The van der Waals surface area contributed by atoms with Crippen LogP contribution >= 0.6 is 0 Å². The molecule has 0 aliphatic rings. The fourth-order valence-corrected chi connectivity index (χ4v) is 1.88. The first-order chi connectivity index (χ1) is 8.22. The zero-order chi connectivity index (χ0) is 12.7. The summed E-state index contributed by atoms with van der Waals surface area (Å²) < 4.78 is 11.1. The Morgan fingerprint density at radius 2 is 2.06 bits per heavy atom. The molecule has 0 aromatic carbocycles. The Hall–Kier alpha value is -1.13. The summed E-state index contributed by atoms with van der Waals surface area (Å²) in [5.41, 5.74) is 1.08. The van der Waals surface area contributed by atoms with Crippen LogP contribution in [0.3, 0.4) is 0 Å². The van der Waals surface area contributed by atoms with Gasteiger partial charge in [-0.05, 0) is 39.4 Å². The van der Waals surface area contributed by atoms with Crippen LogP contribution in [-0.4, -0.2) is 31.3 Å². The Bertz CT molecular complexity index is 331. The van der Waals surface area contributed by atoms with Gasteiger partial charge in [0.15, 0.2) is 0 Å². The van der Waals surface area contributed by atoms with Gasteiger partial charge in [-0.25, -0.2) is 0 Å². The lowest BCUT2D eigenvalue weighted by atomic mass is 10.0. The normalized spacial score (nSPS) is 14.4. The number of likely N-dealkylation sites (N-methyl/N-ethyl adjacent to an activating group) is 1. The lowest BCUT2D eigenvalue weighted by molar-refractivity contribution is 0.0492. The summed E-state index contributed by atoms with van der Waals surface area (Å²) in [6.45, 7) is 7.37. The molecule has 1 aromatic rings. The fourth-order valence-electron chi connectivity index (χ4n) is 1.88. The quantitative estimate of drug-likeness (QED) is 0.790. The summed E-state index contributed by atoms with van der Waals surface area (Å²) >= 11 is 0. The number of aromatic nitrogens is 1. The molecule has 0 fully saturated rings. The van der Waals surface area contributed by atoms with Crippen LogP contribution in [0.2, 0.25) is 0 Å². The highest BCUT2D eigenvalue weighted by molar-refractivity contribution is 5.26. The van der Waals surface area contributed by atoms with Gasteiger partial charge in [-0.3, -0.25) is 4.98 Å². The van der Waals surface area contributed by atoms with E-state index >= 15 is 0 Å². The Kier molecular flexibility index (Phi) is 5.94. The third kappa shape index (κ3) is 3.98. The second-order valence-corrected chi connectivity index (χ2v) is 3.81. The molecule has 96 valence electrons. The van der Waals surface area contributed by atoms with Crippen molar-refractivity contribution in [2.45, 2.75) is 32.9 Å². The van der Waals surface area contributed by atoms with Crippen LogP contribution in [0.15, 0.2) is 18.5 Å². The van der Waals surface area contributed by atoms with E-state index in [1.807, 2.05) is 33.2 Å². The minimum atomic E-state index is 0.101. The van der Waals surface area contributed by atoms with Gasteiger partial charge in [-0.2, -0.15) is 0 Å². The second-order valence-electron chi connectivity index (χ2n) is 3.81. The zero-order valence-electron chi connectivity index (χ0n) is 11.1. The number of nitrogens with one attached hydrogen (secondary N) is 1. The first kappa shape index (κ1) is 13.9. The van der Waals surface area contributed by atoms with Gasteiger partial charge in [0, 0.05) is 12.8 Å². The van der Waals surface area contributed by atoms with Gasteiger partial charge in [0.05, 0.1) is 24.9 Å². The minimum Gasteiger partial charge on any atom is -0.492 e. The first-order valence-electron chi connectivity index (χ1n) is 6.09. The molecule has 17 heavy (non-hydrogen) atoms. The molecule has 0 aliphatic heterocycles. The highest BCUT2D eigenvalue weighted by atomic mass is 16.5. The highest BCUT2D eigenvalue weighted by Crippen LogP contribution is 2.21. The molecule has 0 saturated heterocycles. The zero-order valence-corrected chi connectivity index (χ0v) is 11.1. The van der Waals surface area contributed by atoms with Crippen molar-refractivity contribution in [1.29, 1.82) is 0 Å². The van der Waals surface area contributed by atoms with E-state index in [2.05, 4.69) is 17.2 Å². The van der Waals surface area contributed by atoms with Crippen molar-refractivity contribution >= 4 is 0 Å². The van der Waals surface area contributed by atoms with Crippen LogP contribution in [0.25, 0.3) is 0 Å². The number of ether oxygens (including phenoxy) is 2. The molecular weight excluding hydrogens is 216 g/mol. The molecule has 0 saturated carbocycles. The molecule has 1 rings (SSSR count).